The fourth-order valence-electron chi connectivity index (χ4n) is 8.86. The average Bonchev–Trinajstić information content (AvgIpc) is 3.34. The van der Waals surface area contributed by atoms with Crippen molar-refractivity contribution in [2.75, 3.05) is 45.9 Å². The number of likely N-dealkylation sites (tertiary alicyclic amines) is 2. The number of aromatic nitrogens is 1. The van der Waals surface area contributed by atoms with Crippen molar-refractivity contribution in [3.8, 4) is 11.5 Å². The standard InChI is InChI=1S/C52H56N4O8.H2S/c57-46-20-18-44(45-19-21-48(59)54-49(45)46)47(58)32-53-31-36-24-28-56(29-25-36)50(60)40-16-14-38(15-17-40)34-63-43-13-7-12-42(30-43)52(62,41-10-5-2-6-11-41)51(61)64-35-39-22-26-55(27-23-39)33-37-8-3-1-4-9-37;/h1-21,30,36,39,47,53,57-58,62H,22-29,31-35H2,(H,54,59);1H2/t47-,52-;/m0./s1. The highest BCUT2D eigenvalue weighted by atomic mass is 32.1. The van der Waals surface area contributed by atoms with Crippen LogP contribution in [0.25, 0.3) is 10.9 Å². The van der Waals surface area contributed by atoms with Gasteiger partial charge in [-0.2, -0.15) is 13.5 Å². The lowest BCUT2D eigenvalue weighted by Gasteiger charge is -2.33. The molecule has 2 aliphatic heterocycles. The molecule has 340 valence electrons. The molecule has 6 aromatic rings. The Labute approximate surface area is 386 Å². The van der Waals surface area contributed by atoms with E-state index in [1.165, 1.54) is 17.7 Å². The Morgan fingerprint density at radius 3 is 2.17 bits per heavy atom. The highest BCUT2D eigenvalue weighted by molar-refractivity contribution is 7.59. The van der Waals surface area contributed by atoms with Crippen LogP contribution in [-0.4, -0.2) is 87.9 Å². The number of piperidine rings is 2. The first-order valence-electron chi connectivity index (χ1n) is 22.2. The van der Waals surface area contributed by atoms with Crippen LogP contribution in [0.15, 0.2) is 138 Å². The number of carbonyl (C=O) groups excluding carboxylic acids is 2. The molecule has 0 aliphatic carbocycles. The van der Waals surface area contributed by atoms with Crippen LogP contribution >= 0.6 is 13.5 Å². The smallest absolute Gasteiger partial charge is 0.347 e. The number of pyridine rings is 1. The molecule has 0 saturated carbocycles. The number of fused-ring (bicyclic) bond motifs is 1. The Balaban J connectivity index is 0.00000630. The van der Waals surface area contributed by atoms with Gasteiger partial charge < -0.3 is 40.0 Å². The lowest BCUT2D eigenvalue weighted by molar-refractivity contribution is -0.164. The third-order valence-electron chi connectivity index (χ3n) is 12.7. The summed E-state index contributed by atoms with van der Waals surface area (Å²) in [5.41, 5.74) is 2.04. The molecule has 13 heteroatoms. The van der Waals surface area contributed by atoms with E-state index < -0.39 is 17.7 Å². The van der Waals surface area contributed by atoms with E-state index >= 15 is 0 Å². The average molecular weight is 899 g/mol. The minimum Gasteiger partial charge on any atom is -0.506 e. The molecule has 65 heavy (non-hydrogen) atoms. The maximum absolute atomic E-state index is 13.9. The molecule has 0 spiro atoms. The van der Waals surface area contributed by atoms with Gasteiger partial charge in [-0.15, -0.1) is 0 Å². The van der Waals surface area contributed by atoms with Crippen LogP contribution in [0.2, 0.25) is 0 Å². The van der Waals surface area contributed by atoms with E-state index in [9.17, 15) is 29.7 Å². The molecule has 1 amide bonds. The number of phenolic OH excluding ortho intramolecular Hbond substituents is 1. The van der Waals surface area contributed by atoms with Crippen LogP contribution in [0.3, 0.4) is 0 Å². The minimum absolute atomic E-state index is 0. The summed E-state index contributed by atoms with van der Waals surface area (Å²) in [4.78, 5) is 46.1. The van der Waals surface area contributed by atoms with E-state index in [2.05, 4.69) is 39.5 Å². The predicted molar refractivity (Wildman–Crippen MR) is 255 cm³/mol. The Morgan fingerprint density at radius 1 is 0.769 bits per heavy atom. The van der Waals surface area contributed by atoms with Crippen LogP contribution in [0, 0.1) is 11.8 Å². The number of nitrogens with one attached hydrogen (secondary N) is 2. The maximum Gasteiger partial charge on any atom is 0.347 e. The largest absolute Gasteiger partial charge is 0.506 e. The Morgan fingerprint density at radius 2 is 1.45 bits per heavy atom. The summed E-state index contributed by atoms with van der Waals surface area (Å²) >= 11 is 0. The number of aliphatic hydroxyl groups is 2. The number of amides is 1. The van der Waals surface area contributed by atoms with Gasteiger partial charge in [0.1, 0.15) is 18.1 Å². The summed E-state index contributed by atoms with van der Waals surface area (Å²) in [6.45, 7) is 5.43. The number of H-pyrrole nitrogens is 1. The summed E-state index contributed by atoms with van der Waals surface area (Å²) in [7, 11) is 0. The monoisotopic (exact) mass is 898 g/mol. The second-order valence-electron chi connectivity index (χ2n) is 17.1. The van der Waals surface area contributed by atoms with Crippen LogP contribution in [-0.2, 0) is 28.3 Å². The first kappa shape index (κ1) is 47.0. The summed E-state index contributed by atoms with van der Waals surface area (Å²) in [6.07, 6.45) is 2.64. The number of aromatic amines is 1. The summed E-state index contributed by atoms with van der Waals surface area (Å²) in [5, 5.41) is 37.3. The van der Waals surface area contributed by atoms with Gasteiger partial charge in [-0.05, 0) is 116 Å². The number of aliphatic hydroxyl groups excluding tert-OH is 1. The number of hydrogen-bond donors (Lipinski definition) is 5. The Bertz CT molecular complexity index is 2560. The number of rotatable bonds is 16. The van der Waals surface area contributed by atoms with E-state index in [0.29, 0.717) is 71.0 Å². The van der Waals surface area contributed by atoms with Crippen LogP contribution in [0.5, 0.6) is 11.5 Å². The van der Waals surface area contributed by atoms with Gasteiger partial charge in [-0.25, -0.2) is 4.79 Å². The molecule has 0 bridgehead atoms. The molecule has 12 nitrogen and oxygen atoms in total. The summed E-state index contributed by atoms with van der Waals surface area (Å²) in [6, 6.07) is 39.7. The maximum atomic E-state index is 13.9. The highest BCUT2D eigenvalue weighted by Gasteiger charge is 2.42. The third kappa shape index (κ3) is 11.5. The second kappa shape index (κ2) is 21.8. The Hall–Kier alpha value is -5.96. The molecular weight excluding hydrogens is 841 g/mol. The van der Waals surface area contributed by atoms with Crippen molar-refractivity contribution in [3.63, 3.8) is 0 Å². The Kier molecular flexibility index (Phi) is 15.8. The molecule has 3 heterocycles. The number of carbonyl (C=O) groups is 2. The van der Waals surface area contributed by atoms with Gasteiger partial charge in [0.05, 0.1) is 18.2 Å². The van der Waals surface area contributed by atoms with Crippen molar-refractivity contribution >= 4 is 36.3 Å². The van der Waals surface area contributed by atoms with Gasteiger partial charge in [0.25, 0.3) is 5.91 Å². The van der Waals surface area contributed by atoms with Gasteiger partial charge in [0.15, 0.2) is 0 Å². The zero-order valence-corrected chi connectivity index (χ0v) is 37.4. The van der Waals surface area contributed by atoms with Crippen molar-refractivity contribution < 1.29 is 34.4 Å². The predicted octanol–water partition coefficient (Wildman–Crippen LogP) is 6.79. The first-order chi connectivity index (χ1) is 31.1. The third-order valence-corrected chi connectivity index (χ3v) is 12.7. The molecule has 0 unspecified atom stereocenters. The molecule has 2 fully saturated rings. The van der Waals surface area contributed by atoms with Crippen molar-refractivity contribution in [1.82, 2.24) is 20.1 Å². The van der Waals surface area contributed by atoms with Gasteiger partial charge in [-0.1, -0.05) is 91.0 Å². The number of aromatic hydroxyl groups is 1. The van der Waals surface area contributed by atoms with Crippen molar-refractivity contribution in [2.45, 2.75) is 50.5 Å². The van der Waals surface area contributed by atoms with E-state index in [-0.39, 0.29) is 49.8 Å². The normalized spacial score (nSPS) is 16.3. The number of benzene rings is 5. The van der Waals surface area contributed by atoms with Crippen LogP contribution < -0.4 is 15.6 Å². The summed E-state index contributed by atoms with van der Waals surface area (Å²) < 4.78 is 12.1. The minimum atomic E-state index is -2.04. The van der Waals surface area contributed by atoms with E-state index in [1.54, 1.807) is 60.7 Å². The molecule has 2 aliphatic rings. The lowest BCUT2D eigenvalue weighted by Crippen LogP contribution is -2.41. The fraction of sp³-hybridized carbons (Fsp3) is 0.327. The fourth-order valence-corrected chi connectivity index (χ4v) is 8.86. The van der Waals surface area contributed by atoms with Gasteiger partial charge in [0, 0.05) is 48.8 Å². The number of hydrogen-bond acceptors (Lipinski definition) is 10. The molecule has 5 aromatic carbocycles. The topological polar surface area (TPSA) is 165 Å². The molecule has 2 saturated heterocycles. The van der Waals surface area contributed by atoms with Crippen molar-refractivity contribution in [3.05, 3.63) is 177 Å². The van der Waals surface area contributed by atoms with Gasteiger partial charge in [0.2, 0.25) is 11.2 Å². The van der Waals surface area contributed by atoms with E-state index in [1.807, 2.05) is 41.3 Å². The molecule has 8 rings (SSSR count). The molecule has 5 N–H and O–H groups in total. The van der Waals surface area contributed by atoms with Crippen LogP contribution in [0.1, 0.15) is 70.0 Å². The number of phenols is 1. The summed E-state index contributed by atoms with van der Waals surface area (Å²) in [5.74, 6) is 0.229. The van der Waals surface area contributed by atoms with Crippen LogP contribution in [0.4, 0.5) is 0 Å². The SMILES string of the molecule is O=C(c1ccc(COc2cccc([C@](O)(C(=O)OCC3CCN(Cc4ccccc4)CC3)c3ccccc3)c2)cc1)N1CCC(CNC[C@H](O)c2ccc(O)c3[nH]c(=O)ccc23)CC1.S. The number of ether oxygens (including phenoxy) is 2. The molecule has 0 radical (unpaired) electrons. The van der Waals surface area contributed by atoms with Crippen molar-refractivity contribution in [1.29, 1.82) is 0 Å². The van der Waals surface area contributed by atoms with Gasteiger partial charge >= 0.3 is 5.97 Å². The zero-order chi connectivity index (χ0) is 44.5. The van der Waals surface area contributed by atoms with E-state index in [4.69, 9.17) is 9.47 Å². The van der Waals surface area contributed by atoms with Crippen molar-refractivity contribution in [2.24, 2.45) is 11.8 Å². The molecule has 1 aromatic heterocycles. The number of nitrogens with zero attached hydrogens (tertiary/aromatic N) is 2. The highest BCUT2D eigenvalue weighted by Crippen LogP contribution is 2.34. The second-order valence-corrected chi connectivity index (χ2v) is 17.1. The van der Waals surface area contributed by atoms with E-state index in [0.717, 1.165) is 50.9 Å². The molecular formula is C52H58N4O8S. The lowest BCUT2D eigenvalue weighted by atomic mass is 9.86. The molecule has 2 atom stereocenters. The quantitative estimate of drug-likeness (QED) is 0.0654. The first-order valence-corrected chi connectivity index (χ1v) is 22.2. The number of esters is 1. The zero-order valence-electron chi connectivity index (χ0n) is 36.4. The van der Waals surface area contributed by atoms with Gasteiger partial charge in [-0.3, -0.25) is 14.5 Å².